The standard InChI is InChI=1S/C16H18BrN5OS/c1-10-15(17)11-5-3-4-6-12(11)22(10)9-14(23)18-8-7-13-19-20-16(24)21(13)2/h3-6H,7-9H2,1-2H3,(H,18,23)(H,20,24). The number of hydrogen-bond acceptors (Lipinski definition) is 3. The van der Waals surface area contributed by atoms with Crippen molar-refractivity contribution in [3.63, 3.8) is 0 Å². The predicted molar refractivity (Wildman–Crippen MR) is 99.5 cm³/mol. The van der Waals surface area contributed by atoms with E-state index in [-0.39, 0.29) is 12.5 Å². The second-order valence-corrected chi connectivity index (χ2v) is 6.79. The van der Waals surface area contributed by atoms with Gasteiger partial charge in [-0.15, -0.1) is 0 Å². The fourth-order valence-corrected chi connectivity index (χ4v) is 3.41. The van der Waals surface area contributed by atoms with Crippen LogP contribution in [0, 0.1) is 11.7 Å². The van der Waals surface area contributed by atoms with E-state index in [1.165, 1.54) is 0 Å². The van der Waals surface area contributed by atoms with Crippen molar-refractivity contribution in [3.05, 3.63) is 45.0 Å². The Balaban J connectivity index is 1.66. The molecule has 0 bridgehead atoms. The van der Waals surface area contributed by atoms with Gasteiger partial charge in [-0.1, -0.05) is 18.2 Å². The number of aromatic amines is 1. The lowest BCUT2D eigenvalue weighted by Gasteiger charge is -2.09. The molecule has 0 radical (unpaired) electrons. The summed E-state index contributed by atoms with van der Waals surface area (Å²) in [6.45, 7) is 2.81. The molecule has 1 aromatic carbocycles. The number of halogens is 1. The van der Waals surface area contributed by atoms with Crippen LogP contribution in [0.2, 0.25) is 0 Å². The van der Waals surface area contributed by atoms with E-state index in [1.807, 2.05) is 47.4 Å². The number of amides is 1. The van der Waals surface area contributed by atoms with Gasteiger partial charge in [-0.3, -0.25) is 9.89 Å². The van der Waals surface area contributed by atoms with Crippen molar-refractivity contribution in [3.8, 4) is 0 Å². The Kier molecular flexibility index (Phi) is 4.86. The largest absolute Gasteiger partial charge is 0.354 e. The van der Waals surface area contributed by atoms with E-state index < -0.39 is 0 Å². The van der Waals surface area contributed by atoms with Gasteiger partial charge in [0.25, 0.3) is 0 Å². The van der Waals surface area contributed by atoms with Gasteiger partial charge in [0, 0.05) is 41.1 Å². The molecule has 0 saturated heterocycles. The van der Waals surface area contributed by atoms with Crippen LogP contribution in [0.25, 0.3) is 10.9 Å². The molecule has 0 aliphatic carbocycles. The Morgan fingerprint density at radius 1 is 1.42 bits per heavy atom. The van der Waals surface area contributed by atoms with Gasteiger partial charge < -0.3 is 14.5 Å². The van der Waals surface area contributed by atoms with Gasteiger partial charge in [-0.05, 0) is 41.1 Å². The van der Waals surface area contributed by atoms with Crippen molar-refractivity contribution in [2.24, 2.45) is 7.05 Å². The number of carbonyl (C=O) groups is 1. The molecule has 2 aromatic heterocycles. The summed E-state index contributed by atoms with van der Waals surface area (Å²) >= 11 is 8.68. The number of para-hydroxylation sites is 1. The molecule has 0 unspecified atom stereocenters. The predicted octanol–water partition coefficient (Wildman–Crippen LogP) is 2.86. The van der Waals surface area contributed by atoms with E-state index >= 15 is 0 Å². The van der Waals surface area contributed by atoms with Crippen molar-refractivity contribution >= 4 is 45.0 Å². The Hall–Kier alpha value is -1.93. The normalized spacial score (nSPS) is 11.1. The number of benzene rings is 1. The topological polar surface area (TPSA) is 67.6 Å². The van der Waals surface area contributed by atoms with E-state index in [0.29, 0.717) is 17.7 Å². The lowest BCUT2D eigenvalue weighted by atomic mass is 10.2. The van der Waals surface area contributed by atoms with Crippen LogP contribution in [-0.4, -0.2) is 31.8 Å². The number of carbonyl (C=O) groups excluding carboxylic acids is 1. The molecule has 0 aliphatic heterocycles. The van der Waals surface area contributed by atoms with Gasteiger partial charge in [0.05, 0.1) is 0 Å². The Morgan fingerprint density at radius 3 is 2.88 bits per heavy atom. The molecule has 24 heavy (non-hydrogen) atoms. The number of aromatic nitrogens is 4. The molecule has 0 atom stereocenters. The molecule has 3 aromatic rings. The van der Waals surface area contributed by atoms with E-state index in [1.54, 1.807) is 0 Å². The minimum atomic E-state index is -0.0249. The number of fused-ring (bicyclic) bond motifs is 1. The Morgan fingerprint density at radius 2 is 2.17 bits per heavy atom. The number of nitrogens with one attached hydrogen (secondary N) is 2. The van der Waals surface area contributed by atoms with Crippen LogP contribution in [0.5, 0.6) is 0 Å². The third kappa shape index (κ3) is 3.16. The number of nitrogens with zero attached hydrogens (tertiary/aromatic N) is 3. The highest BCUT2D eigenvalue weighted by molar-refractivity contribution is 9.10. The first-order valence-corrected chi connectivity index (χ1v) is 8.79. The highest BCUT2D eigenvalue weighted by Crippen LogP contribution is 2.30. The lowest BCUT2D eigenvalue weighted by molar-refractivity contribution is -0.121. The molecule has 8 heteroatoms. The minimum Gasteiger partial charge on any atom is -0.354 e. The Bertz CT molecular complexity index is 955. The molecule has 2 N–H and O–H groups in total. The first kappa shape index (κ1) is 16.9. The van der Waals surface area contributed by atoms with Crippen LogP contribution in [0.15, 0.2) is 28.7 Å². The molecular weight excluding hydrogens is 390 g/mol. The molecule has 126 valence electrons. The van der Waals surface area contributed by atoms with Crippen LogP contribution in [0.1, 0.15) is 11.5 Å². The lowest BCUT2D eigenvalue weighted by Crippen LogP contribution is -2.30. The van der Waals surface area contributed by atoms with E-state index in [0.717, 1.165) is 26.9 Å². The summed E-state index contributed by atoms with van der Waals surface area (Å²) in [4.78, 5) is 12.3. The zero-order chi connectivity index (χ0) is 17.3. The van der Waals surface area contributed by atoms with Crippen molar-refractivity contribution in [1.82, 2.24) is 24.6 Å². The van der Waals surface area contributed by atoms with E-state index in [9.17, 15) is 4.79 Å². The van der Waals surface area contributed by atoms with Gasteiger partial charge in [0.1, 0.15) is 12.4 Å². The van der Waals surface area contributed by atoms with Gasteiger partial charge >= 0.3 is 0 Å². The molecule has 0 fully saturated rings. The summed E-state index contributed by atoms with van der Waals surface area (Å²) in [6.07, 6.45) is 0.629. The average Bonchev–Trinajstić information content (AvgIpc) is 3.01. The van der Waals surface area contributed by atoms with Crippen molar-refractivity contribution in [2.45, 2.75) is 19.9 Å². The molecule has 6 nitrogen and oxygen atoms in total. The van der Waals surface area contributed by atoms with Crippen molar-refractivity contribution < 1.29 is 4.79 Å². The van der Waals surface area contributed by atoms with Crippen LogP contribution < -0.4 is 5.32 Å². The molecule has 2 heterocycles. The van der Waals surface area contributed by atoms with E-state index in [2.05, 4.69) is 31.4 Å². The van der Waals surface area contributed by atoms with Gasteiger partial charge in [-0.25, -0.2) is 0 Å². The summed E-state index contributed by atoms with van der Waals surface area (Å²) in [5.41, 5.74) is 2.09. The molecule has 3 rings (SSSR count). The third-order valence-corrected chi connectivity index (χ3v) is 5.46. The van der Waals surface area contributed by atoms with Gasteiger partial charge in [-0.2, -0.15) is 5.10 Å². The number of rotatable bonds is 5. The quantitative estimate of drug-likeness (QED) is 0.638. The molecule has 1 amide bonds. The van der Waals surface area contributed by atoms with E-state index in [4.69, 9.17) is 12.2 Å². The third-order valence-electron chi connectivity index (χ3n) is 4.10. The molecule has 0 saturated carbocycles. The van der Waals surface area contributed by atoms with Crippen LogP contribution in [0.4, 0.5) is 0 Å². The molecule has 0 spiro atoms. The summed E-state index contributed by atoms with van der Waals surface area (Å²) in [5, 5.41) is 10.9. The van der Waals surface area contributed by atoms with Crippen LogP contribution >= 0.6 is 28.1 Å². The fraction of sp³-hybridized carbons (Fsp3) is 0.312. The summed E-state index contributed by atoms with van der Waals surface area (Å²) in [5.74, 6) is 0.800. The summed E-state index contributed by atoms with van der Waals surface area (Å²) in [6, 6.07) is 8.04. The highest BCUT2D eigenvalue weighted by atomic mass is 79.9. The number of H-pyrrole nitrogens is 1. The zero-order valence-corrected chi connectivity index (χ0v) is 15.9. The minimum absolute atomic E-state index is 0.0249. The van der Waals surface area contributed by atoms with Crippen LogP contribution in [0.3, 0.4) is 0 Å². The molecular formula is C16H18BrN5OS. The average molecular weight is 408 g/mol. The maximum Gasteiger partial charge on any atom is 0.239 e. The molecule has 0 aliphatic rings. The smallest absolute Gasteiger partial charge is 0.239 e. The van der Waals surface area contributed by atoms with Crippen LogP contribution in [-0.2, 0) is 24.8 Å². The van der Waals surface area contributed by atoms with Crippen molar-refractivity contribution in [2.75, 3.05) is 6.54 Å². The van der Waals surface area contributed by atoms with Gasteiger partial charge in [0.15, 0.2) is 4.77 Å². The highest BCUT2D eigenvalue weighted by Gasteiger charge is 2.14. The maximum atomic E-state index is 12.3. The SMILES string of the molecule is Cc1c(Br)c2ccccc2n1CC(=O)NCCc1n[nH]c(=S)n1C. The maximum absolute atomic E-state index is 12.3. The second-order valence-electron chi connectivity index (χ2n) is 5.61. The summed E-state index contributed by atoms with van der Waals surface area (Å²) < 4.78 is 5.44. The summed E-state index contributed by atoms with van der Waals surface area (Å²) in [7, 11) is 1.86. The number of hydrogen-bond donors (Lipinski definition) is 2. The Labute approximate surface area is 153 Å². The van der Waals surface area contributed by atoms with Gasteiger partial charge in [0.2, 0.25) is 5.91 Å². The zero-order valence-electron chi connectivity index (χ0n) is 13.5. The monoisotopic (exact) mass is 407 g/mol. The first-order chi connectivity index (χ1) is 11.5. The van der Waals surface area contributed by atoms with Crippen molar-refractivity contribution in [1.29, 1.82) is 0 Å². The second kappa shape index (κ2) is 6.90. The first-order valence-electron chi connectivity index (χ1n) is 7.59. The fourth-order valence-electron chi connectivity index (χ4n) is 2.71.